The molecule has 0 bridgehead atoms. The monoisotopic (exact) mass is 267 g/mol. The summed E-state index contributed by atoms with van der Waals surface area (Å²) >= 11 is 1.30. The molecule has 18 heavy (non-hydrogen) atoms. The Balaban J connectivity index is 2.67. The maximum absolute atomic E-state index is 11.8. The second-order valence-electron chi connectivity index (χ2n) is 3.38. The number of ether oxygens (including phenoxy) is 1. The van der Waals surface area contributed by atoms with E-state index in [1.807, 2.05) is 0 Å². The van der Waals surface area contributed by atoms with Crippen molar-refractivity contribution in [3.05, 3.63) is 21.9 Å². The molecule has 1 heterocycles. The normalized spacial score (nSPS) is 11.1. The van der Waals surface area contributed by atoms with Gasteiger partial charge >= 0.3 is 5.97 Å². The Morgan fingerprint density at radius 1 is 1.61 bits per heavy atom. The lowest BCUT2D eigenvalue weighted by atomic mass is 10.2. The molecule has 0 aliphatic heterocycles. The van der Waals surface area contributed by atoms with E-state index < -0.39 is 12.0 Å². The molecule has 0 fully saturated rings. The largest absolute Gasteiger partial charge is 0.467 e. The van der Waals surface area contributed by atoms with Gasteiger partial charge < -0.3 is 15.2 Å². The fourth-order valence-electron chi connectivity index (χ4n) is 1.16. The maximum Gasteiger partial charge on any atom is 0.328 e. The average molecular weight is 267 g/mol. The van der Waals surface area contributed by atoms with E-state index in [0.29, 0.717) is 10.4 Å². The lowest BCUT2D eigenvalue weighted by Crippen LogP contribution is -2.38. The molecule has 0 aromatic carbocycles. The van der Waals surface area contributed by atoms with Crippen LogP contribution in [-0.2, 0) is 9.53 Å². The zero-order chi connectivity index (χ0) is 13.5. The Morgan fingerprint density at radius 3 is 2.94 bits per heavy atom. The SMILES string of the molecule is COC(=O)C(C)NC(=O)c1csc(C#CCO)c1. The van der Waals surface area contributed by atoms with E-state index in [1.54, 1.807) is 18.4 Å². The van der Waals surface area contributed by atoms with E-state index in [2.05, 4.69) is 21.9 Å². The molecule has 1 unspecified atom stereocenters. The molecule has 1 aromatic heterocycles. The van der Waals surface area contributed by atoms with E-state index in [-0.39, 0.29) is 12.5 Å². The number of hydrogen-bond acceptors (Lipinski definition) is 5. The second kappa shape index (κ2) is 6.79. The summed E-state index contributed by atoms with van der Waals surface area (Å²) < 4.78 is 4.51. The number of amides is 1. The van der Waals surface area contributed by atoms with E-state index >= 15 is 0 Å². The van der Waals surface area contributed by atoms with Crippen LogP contribution in [0.4, 0.5) is 0 Å². The van der Waals surface area contributed by atoms with Crippen molar-refractivity contribution in [3.63, 3.8) is 0 Å². The summed E-state index contributed by atoms with van der Waals surface area (Å²) in [5.41, 5.74) is 0.429. The van der Waals surface area contributed by atoms with Crippen LogP contribution in [0.2, 0.25) is 0 Å². The Morgan fingerprint density at radius 2 is 2.33 bits per heavy atom. The molecule has 6 heteroatoms. The third-order valence-corrected chi connectivity index (χ3v) is 2.90. The lowest BCUT2D eigenvalue weighted by Gasteiger charge is -2.10. The molecule has 0 spiro atoms. The molecule has 2 N–H and O–H groups in total. The minimum Gasteiger partial charge on any atom is -0.467 e. The minimum atomic E-state index is -0.700. The van der Waals surface area contributed by atoms with Crippen LogP contribution in [0.3, 0.4) is 0 Å². The van der Waals surface area contributed by atoms with Crippen LogP contribution in [-0.4, -0.2) is 36.7 Å². The summed E-state index contributed by atoms with van der Waals surface area (Å²) in [7, 11) is 1.26. The number of methoxy groups -OCH3 is 1. The van der Waals surface area contributed by atoms with Crippen molar-refractivity contribution in [2.45, 2.75) is 13.0 Å². The molecule has 1 atom stereocenters. The van der Waals surface area contributed by atoms with Crippen LogP contribution in [0, 0.1) is 11.8 Å². The molecular formula is C12H13NO4S. The minimum absolute atomic E-state index is 0.223. The molecule has 5 nitrogen and oxygen atoms in total. The first-order chi connectivity index (χ1) is 8.58. The predicted octanol–water partition coefficient (Wildman–Crippen LogP) is 0.383. The molecule has 1 amide bonds. The number of esters is 1. The Hall–Kier alpha value is -1.84. The highest BCUT2D eigenvalue weighted by molar-refractivity contribution is 7.10. The highest BCUT2D eigenvalue weighted by atomic mass is 32.1. The van der Waals surface area contributed by atoms with E-state index in [1.165, 1.54) is 18.4 Å². The standard InChI is InChI=1S/C12H13NO4S/c1-8(12(16)17-2)13-11(15)9-6-10(18-7-9)4-3-5-14/h6-8,14H,5H2,1-2H3,(H,13,15). The van der Waals surface area contributed by atoms with Crippen LogP contribution >= 0.6 is 11.3 Å². The molecule has 0 aliphatic carbocycles. The van der Waals surface area contributed by atoms with Crippen molar-refractivity contribution in [2.75, 3.05) is 13.7 Å². The third-order valence-electron chi connectivity index (χ3n) is 2.05. The second-order valence-corrected chi connectivity index (χ2v) is 4.29. The molecule has 0 saturated heterocycles. The molecule has 1 rings (SSSR count). The zero-order valence-electron chi connectivity index (χ0n) is 10.0. The van der Waals surface area contributed by atoms with Gasteiger partial charge in [-0.2, -0.15) is 0 Å². The van der Waals surface area contributed by atoms with Crippen molar-refractivity contribution in [3.8, 4) is 11.8 Å². The van der Waals surface area contributed by atoms with Crippen LogP contribution in [0.1, 0.15) is 22.2 Å². The smallest absolute Gasteiger partial charge is 0.328 e. The predicted molar refractivity (Wildman–Crippen MR) is 67.2 cm³/mol. The number of rotatable bonds is 3. The third kappa shape index (κ3) is 3.87. The average Bonchev–Trinajstić information content (AvgIpc) is 2.83. The van der Waals surface area contributed by atoms with Crippen molar-refractivity contribution in [1.29, 1.82) is 0 Å². The van der Waals surface area contributed by atoms with Gasteiger partial charge in [-0.05, 0) is 13.0 Å². The van der Waals surface area contributed by atoms with Gasteiger partial charge in [-0.1, -0.05) is 11.8 Å². The Labute approximate surface area is 109 Å². The zero-order valence-corrected chi connectivity index (χ0v) is 10.8. The van der Waals surface area contributed by atoms with E-state index in [0.717, 1.165) is 0 Å². The van der Waals surface area contributed by atoms with Crippen LogP contribution in [0.5, 0.6) is 0 Å². The van der Waals surface area contributed by atoms with Gasteiger partial charge in [0, 0.05) is 5.38 Å². The molecule has 0 aliphatic rings. The van der Waals surface area contributed by atoms with Gasteiger partial charge in [0.25, 0.3) is 5.91 Å². The summed E-state index contributed by atoms with van der Waals surface area (Å²) in [5.74, 6) is 4.34. The molecular weight excluding hydrogens is 254 g/mol. The van der Waals surface area contributed by atoms with Crippen LogP contribution < -0.4 is 5.32 Å². The highest BCUT2D eigenvalue weighted by Gasteiger charge is 2.17. The summed E-state index contributed by atoms with van der Waals surface area (Å²) in [6.07, 6.45) is 0. The first kappa shape index (κ1) is 14.2. The lowest BCUT2D eigenvalue weighted by molar-refractivity contribution is -0.142. The molecule has 0 saturated carbocycles. The first-order valence-corrected chi connectivity index (χ1v) is 6.03. The van der Waals surface area contributed by atoms with E-state index in [4.69, 9.17) is 5.11 Å². The molecule has 96 valence electrons. The van der Waals surface area contributed by atoms with Gasteiger partial charge in [-0.3, -0.25) is 4.79 Å². The molecule has 1 aromatic rings. The fourth-order valence-corrected chi connectivity index (χ4v) is 1.92. The summed E-state index contributed by atoms with van der Waals surface area (Å²) in [4.78, 5) is 23.6. The summed E-state index contributed by atoms with van der Waals surface area (Å²) in [5, 5.41) is 12.7. The number of thiophene rings is 1. The van der Waals surface area contributed by atoms with Gasteiger partial charge in [0.05, 0.1) is 17.6 Å². The number of hydrogen-bond donors (Lipinski definition) is 2. The van der Waals surface area contributed by atoms with E-state index in [9.17, 15) is 9.59 Å². The van der Waals surface area contributed by atoms with Crippen LogP contribution in [0.25, 0.3) is 0 Å². The number of aliphatic hydroxyl groups excluding tert-OH is 1. The summed E-state index contributed by atoms with van der Waals surface area (Å²) in [6.45, 7) is 1.32. The van der Waals surface area contributed by atoms with Gasteiger partial charge in [-0.25, -0.2) is 4.79 Å². The number of carbonyl (C=O) groups is 2. The maximum atomic E-state index is 11.8. The highest BCUT2D eigenvalue weighted by Crippen LogP contribution is 2.13. The number of nitrogens with one attached hydrogen (secondary N) is 1. The van der Waals surface area contributed by atoms with Gasteiger partial charge in [0.2, 0.25) is 0 Å². The van der Waals surface area contributed by atoms with Crippen molar-refractivity contribution in [1.82, 2.24) is 5.32 Å². The summed E-state index contributed by atoms with van der Waals surface area (Å²) in [6, 6.07) is 0.904. The first-order valence-electron chi connectivity index (χ1n) is 5.15. The number of aliphatic hydroxyl groups is 1. The molecule has 0 radical (unpaired) electrons. The Bertz CT molecular complexity index is 498. The number of carbonyl (C=O) groups excluding carboxylic acids is 2. The van der Waals surface area contributed by atoms with Gasteiger partial charge in [-0.15, -0.1) is 11.3 Å². The van der Waals surface area contributed by atoms with Crippen molar-refractivity contribution >= 4 is 23.2 Å². The van der Waals surface area contributed by atoms with Crippen molar-refractivity contribution < 1.29 is 19.4 Å². The van der Waals surface area contributed by atoms with Crippen molar-refractivity contribution in [2.24, 2.45) is 0 Å². The Kier molecular flexibility index (Phi) is 5.36. The van der Waals surface area contributed by atoms with Gasteiger partial charge in [0.1, 0.15) is 12.6 Å². The topological polar surface area (TPSA) is 75.6 Å². The fraction of sp³-hybridized carbons (Fsp3) is 0.333. The van der Waals surface area contributed by atoms with Gasteiger partial charge in [0.15, 0.2) is 0 Å². The van der Waals surface area contributed by atoms with Crippen LogP contribution in [0.15, 0.2) is 11.4 Å². The quantitative estimate of drug-likeness (QED) is 0.613.